The minimum atomic E-state index is 0.605. The van der Waals surface area contributed by atoms with Gasteiger partial charge in [0.2, 0.25) is 0 Å². The normalized spacial score (nSPS) is 12.1. The Labute approximate surface area is 141 Å². The Kier molecular flexibility index (Phi) is 6.27. The number of ether oxygens (including phenoxy) is 1. The Balaban J connectivity index is 2.18. The summed E-state index contributed by atoms with van der Waals surface area (Å²) < 4.78 is 6.79. The van der Waals surface area contributed by atoms with Crippen LogP contribution in [0.2, 0.25) is 0 Å². The lowest BCUT2D eigenvalue weighted by Crippen LogP contribution is -2.11. The molecule has 0 aliphatic carbocycles. The third-order valence-corrected chi connectivity index (χ3v) is 4.36. The van der Waals surface area contributed by atoms with E-state index in [-0.39, 0.29) is 0 Å². The molecule has 1 unspecified atom stereocenters. The first-order valence-corrected chi connectivity index (χ1v) is 8.67. The van der Waals surface area contributed by atoms with Gasteiger partial charge >= 0.3 is 0 Å². The van der Waals surface area contributed by atoms with Crippen LogP contribution in [0.5, 0.6) is 5.75 Å². The van der Waals surface area contributed by atoms with Crippen molar-refractivity contribution in [2.24, 2.45) is 5.92 Å². The van der Waals surface area contributed by atoms with Crippen LogP contribution >= 0.6 is 15.9 Å². The Hall–Kier alpha value is -1.53. The summed E-state index contributed by atoms with van der Waals surface area (Å²) in [6.45, 7) is 5.19. The summed E-state index contributed by atoms with van der Waals surface area (Å²) in [5.41, 5.74) is 1.61. The van der Waals surface area contributed by atoms with Crippen LogP contribution in [0.25, 0.3) is 10.9 Å². The second-order valence-electron chi connectivity index (χ2n) is 5.55. The minimum absolute atomic E-state index is 0.605. The smallest absolute Gasteiger partial charge is 0.121 e. The fourth-order valence-electron chi connectivity index (χ4n) is 2.49. The zero-order valence-electron chi connectivity index (χ0n) is 13.2. The molecule has 22 heavy (non-hydrogen) atoms. The second-order valence-corrected chi connectivity index (χ2v) is 6.36. The molecular weight excluding hydrogens is 338 g/mol. The lowest BCUT2D eigenvalue weighted by Gasteiger charge is -2.16. The molecule has 1 aromatic heterocycles. The summed E-state index contributed by atoms with van der Waals surface area (Å²) >= 11 is 3.39. The Morgan fingerprint density at radius 2 is 2.14 bits per heavy atom. The van der Waals surface area contributed by atoms with Crippen molar-refractivity contribution in [1.29, 1.82) is 0 Å². The van der Waals surface area contributed by atoms with E-state index in [1.807, 2.05) is 24.3 Å². The van der Waals surface area contributed by atoms with Gasteiger partial charge in [0.05, 0.1) is 17.7 Å². The second kappa shape index (κ2) is 8.19. The average Bonchev–Trinajstić information content (AvgIpc) is 2.54. The van der Waals surface area contributed by atoms with E-state index in [0.29, 0.717) is 5.92 Å². The van der Waals surface area contributed by atoms with Crippen molar-refractivity contribution in [1.82, 2.24) is 4.98 Å². The molecule has 0 bridgehead atoms. The molecule has 0 saturated heterocycles. The van der Waals surface area contributed by atoms with Crippen molar-refractivity contribution in [3.8, 4) is 18.1 Å². The van der Waals surface area contributed by atoms with E-state index in [0.717, 1.165) is 39.8 Å². The molecule has 0 saturated carbocycles. The van der Waals surface area contributed by atoms with E-state index >= 15 is 0 Å². The molecule has 1 atom stereocenters. The standard InChI is InChI=1S/C19H22BrNO/c1-4-7-8-14(5-2)13-22-17-11-15(6-3)19-16(12-17)9-10-18(20)21-19/h3,9-12,14H,4-5,7-8,13H2,1-2H3. The summed E-state index contributed by atoms with van der Waals surface area (Å²) in [7, 11) is 0. The largest absolute Gasteiger partial charge is 0.493 e. The number of hydrogen-bond acceptors (Lipinski definition) is 2. The van der Waals surface area contributed by atoms with Gasteiger partial charge in [0.1, 0.15) is 10.4 Å². The maximum atomic E-state index is 6.00. The van der Waals surface area contributed by atoms with E-state index < -0.39 is 0 Å². The fourth-order valence-corrected chi connectivity index (χ4v) is 2.80. The van der Waals surface area contributed by atoms with Gasteiger partial charge in [0.25, 0.3) is 0 Å². The summed E-state index contributed by atoms with van der Waals surface area (Å²) in [6, 6.07) is 7.85. The molecular formula is C19H22BrNO. The van der Waals surface area contributed by atoms with E-state index in [9.17, 15) is 0 Å². The van der Waals surface area contributed by atoms with Gasteiger partial charge in [-0.2, -0.15) is 0 Å². The maximum absolute atomic E-state index is 6.00. The number of halogens is 1. The Morgan fingerprint density at radius 1 is 1.32 bits per heavy atom. The minimum Gasteiger partial charge on any atom is -0.493 e. The molecule has 0 fully saturated rings. The van der Waals surface area contributed by atoms with Gasteiger partial charge in [-0.15, -0.1) is 6.42 Å². The zero-order valence-corrected chi connectivity index (χ0v) is 14.8. The molecule has 1 aromatic carbocycles. The molecule has 0 amide bonds. The van der Waals surface area contributed by atoms with Gasteiger partial charge in [-0.25, -0.2) is 4.98 Å². The number of benzene rings is 1. The van der Waals surface area contributed by atoms with Gasteiger partial charge in [0.15, 0.2) is 0 Å². The molecule has 2 rings (SSSR count). The molecule has 2 aromatic rings. The summed E-state index contributed by atoms with van der Waals surface area (Å²) in [6.07, 6.45) is 10.5. The molecule has 3 heteroatoms. The number of rotatable bonds is 7. The molecule has 116 valence electrons. The fraction of sp³-hybridized carbons (Fsp3) is 0.421. The molecule has 0 aliphatic rings. The van der Waals surface area contributed by atoms with E-state index in [4.69, 9.17) is 11.2 Å². The predicted molar refractivity (Wildman–Crippen MR) is 96.2 cm³/mol. The van der Waals surface area contributed by atoms with Gasteiger partial charge in [-0.1, -0.05) is 39.0 Å². The molecule has 0 radical (unpaired) electrons. The number of unbranched alkanes of at least 4 members (excludes halogenated alkanes) is 1. The van der Waals surface area contributed by atoms with Gasteiger partial charge < -0.3 is 4.74 Å². The summed E-state index contributed by atoms with van der Waals surface area (Å²) in [5, 5.41) is 1.01. The van der Waals surface area contributed by atoms with Crippen LogP contribution in [-0.2, 0) is 0 Å². The van der Waals surface area contributed by atoms with Crippen molar-refractivity contribution in [3.63, 3.8) is 0 Å². The van der Waals surface area contributed by atoms with Gasteiger partial charge in [-0.3, -0.25) is 0 Å². The van der Waals surface area contributed by atoms with E-state index in [1.54, 1.807) is 0 Å². The van der Waals surface area contributed by atoms with Crippen molar-refractivity contribution in [2.45, 2.75) is 39.5 Å². The lowest BCUT2D eigenvalue weighted by atomic mass is 10.0. The van der Waals surface area contributed by atoms with E-state index in [1.165, 1.54) is 19.3 Å². The summed E-state index contributed by atoms with van der Waals surface area (Å²) in [5.74, 6) is 4.15. The highest BCUT2D eigenvalue weighted by molar-refractivity contribution is 9.10. The maximum Gasteiger partial charge on any atom is 0.121 e. The first-order chi connectivity index (χ1) is 10.7. The quantitative estimate of drug-likeness (QED) is 0.475. The van der Waals surface area contributed by atoms with E-state index in [2.05, 4.69) is 40.7 Å². The molecule has 0 spiro atoms. The number of terminal acetylenes is 1. The molecule has 1 heterocycles. The molecule has 2 nitrogen and oxygen atoms in total. The lowest BCUT2D eigenvalue weighted by molar-refractivity contribution is 0.233. The average molecular weight is 360 g/mol. The highest BCUT2D eigenvalue weighted by Crippen LogP contribution is 2.26. The third-order valence-electron chi connectivity index (χ3n) is 3.92. The Morgan fingerprint density at radius 3 is 2.82 bits per heavy atom. The van der Waals surface area contributed by atoms with Crippen molar-refractivity contribution >= 4 is 26.8 Å². The van der Waals surface area contributed by atoms with Crippen LogP contribution in [0.4, 0.5) is 0 Å². The first-order valence-electron chi connectivity index (χ1n) is 7.87. The monoisotopic (exact) mass is 359 g/mol. The van der Waals surface area contributed by atoms with Crippen LogP contribution in [0.3, 0.4) is 0 Å². The van der Waals surface area contributed by atoms with Crippen LogP contribution in [0.15, 0.2) is 28.9 Å². The van der Waals surface area contributed by atoms with Crippen LogP contribution in [0, 0.1) is 18.3 Å². The summed E-state index contributed by atoms with van der Waals surface area (Å²) in [4.78, 5) is 4.46. The third kappa shape index (κ3) is 4.24. The number of fused-ring (bicyclic) bond motifs is 1. The predicted octanol–water partition coefficient (Wildman–Crippen LogP) is 5.57. The number of pyridine rings is 1. The van der Waals surface area contributed by atoms with Crippen molar-refractivity contribution < 1.29 is 4.74 Å². The molecule has 0 N–H and O–H groups in total. The van der Waals surface area contributed by atoms with Crippen LogP contribution in [-0.4, -0.2) is 11.6 Å². The SMILES string of the molecule is C#Cc1cc(OCC(CC)CCCC)cc2ccc(Br)nc12. The molecule has 0 aliphatic heterocycles. The number of aromatic nitrogens is 1. The van der Waals surface area contributed by atoms with Crippen molar-refractivity contribution in [3.05, 3.63) is 34.4 Å². The Bertz CT molecular complexity index is 675. The number of nitrogens with zero attached hydrogens (tertiary/aromatic N) is 1. The van der Waals surface area contributed by atoms with Gasteiger partial charge in [0, 0.05) is 5.39 Å². The highest BCUT2D eigenvalue weighted by atomic mass is 79.9. The first kappa shape index (κ1) is 16.8. The van der Waals surface area contributed by atoms with Gasteiger partial charge in [-0.05, 0) is 52.5 Å². The van der Waals surface area contributed by atoms with Crippen LogP contribution < -0.4 is 4.74 Å². The number of hydrogen-bond donors (Lipinski definition) is 0. The zero-order chi connectivity index (χ0) is 15.9. The topological polar surface area (TPSA) is 22.1 Å². The highest BCUT2D eigenvalue weighted by Gasteiger charge is 2.09. The van der Waals surface area contributed by atoms with Crippen LogP contribution in [0.1, 0.15) is 45.1 Å². The van der Waals surface area contributed by atoms with Crippen molar-refractivity contribution in [2.75, 3.05) is 6.61 Å².